The van der Waals surface area contributed by atoms with Crippen molar-refractivity contribution in [2.45, 2.75) is 31.5 Å². The molecule has 1 fully saturated rings. The number of halogens is 1. The van der Waals surface area contributed by atoms with Crippen LogP contribution in [-0.4, -0.2) is 41.7 Å². The van der Waals surface area contributed by atoms with Crippen LogP contribution in [-0.2, 0) is 17.9 Å². The van der Waals surface area contributed by atoms with E-state index in [-0.39, 0.29) is 13.1 Å². The Labute approximate surface area is 151 Å². The Bertz CT molecular complexity index is 750. The van der Waals surface area contributed by atoms with Crippen LogP contribution in [0.3, 0.4) is 0 Å². The van der Waals surface area contributed by atoms with Crippen LogP contribution in [0.1, 0.15) is 24.2 Å². The lowest BCUT2D eigenvalue weighted by molar-refractivity contribution is -0.157. The van der Waals surface area contributed by atoms with Gasteiger partial charge in [0, 0.05) is 25.2 Å². The fourth-order valence-corrected chi connectivity index (χ4v) is 3.19. The third-order valence-corrected chi connectivity index (χ3v) is 4.61. The van der Waals surface area contributed by atoms with Gasteiger partial charge in [0.15, 0.2) is 5.60 Å². The van der Waals surface area contributed by atoms with E-state index >= 15 is 0 Å². The fourth-order valence-electron chi connectivity index (χ4n) is 3.19. The van der Waals surface area contributed by atoms with Crippen molar-refractivity contribution in [2.75, 3.05) is 20.2 Å². The number of carbonyl (C=O) groups excluding carboxylic acids is 1. The maximum absolute atomic E-state index is 14.1. The summed E-state index contributed by atoms with van der Waals surface area (Å²) in [6, 6.07) is 8.02. The maximum atomic E-state index is 14.1. The van der Waals surface area contributed by atoms with E-state index in [4.69, 9.17) is 9.15 Å². The van der Waals surface area contributed by atoms with Crippen LogP contribution in [0.25, 0.3) is 0 Å². The molecule has 0 saturated carbocycles. The Balaban J connectivity index is 1.65. The van der Waals surface area contributed by atoms with Gasteiger partial charge in [-0.25, -0.2) is 4.39 Å². The summed E-state index contributed by atoms with van der Waals surface area (Å²) in [4.78, 5) is 14.3. The molecule has 0 radical (unpaired) electrons. The second-order valence-electron chi connectivity index (χ2n) is 6.50. The maximum Gasteiger partial charge on any atom is 0.256 e. The number of carbonyl (C=O) groups is 1. The zero-order valence-electron chi connectivity index (χ0n) is 14.7. The van der Waals surface area contributed by atoms with Gasteiger partial charge in [-0.1, -0.05) is 0 Å². The van der Waals surface area contributed by atoms with Crippen LogP contribution in [0, 0.1) is 5.82 Å². The summed E-state index contributed by atoms with van der Waals surface area (Å²) < 4.78 is 24.4. The molecule has 1 aromatic carbocycles. The first kappa shape index (κ1) is 18.4. The number of nitrogens with one attached hydrogen (secondary N) is 1. The monoisotopic (exact) mass is 362 g/mol. The highest BCUT2D eigenvalue weighted by Gasteiger charge is 2.41. The summed E-state index contributed by atoms with van der Waals surface area (Å²) in [5, 5.41) is 13.8. The molecule has 26 heavy (non-hydrogen) atoms. The van der Waals surface area contributed by atoms with Crippen molar-refractivity contribution in [1.82, 2.24) is 10.2 Å². The molecule has 3 rings (SSSR count). The predicted octanol–water partition coefficient (Wildman–Crippen LogP) is 2.07. The highest BCUT2D eigenvalue weighted by Crippen LogP contribution is 2.26. The number of benzene rings is 1. The smallest absolute Gasteiger partial charge is 0.256 e. The topological polar surface area (TPSA) is 74.9 Å². The van der Waals surface area contributed by atoms with E-state index in [1.165, 1.54) is 24.1 Å². The minimum atomic E-state index is -1.50. The molecule has 0 bridgehead atoms. The zero-order chi connectivity index (χ0) is 18.6. The third-order valence-electron chi connectivity index (χ3n) is 4.61. The molecule has 2 N–H and O–H groups in total. The van der Waals surface area contributed by atoms with Crippen molar-refractivity contribution in [3.05, 3.63) is 53.7 Å². The number of likely N-dealkylation sites (tertiary alicyclic amines) is 1. The summed E-state index contributed by atoms with van der Waals surface area (Å²) in [6.45, 7) is 1.12. The highest BCUT2D eigenvalue weighted by molar-refractivity contribution is 5.86. The Morgan fingerprint density at radius 1 is 1.42 bits per heavy atom. The molecule has 6 nitrogen and oxygen atoms in total. The molecule has 1 aromatic heterocycles. The summed E-state index contributed by atoms with van der Waals surface area (Å²) in [6.07, 6.45) is 2.59. The van der Waals surface area contributed by atoms with Gasteiger partial charge >= 0.3 is 0 Å². The fraction of sp³-hybridized carbons (Fsp3) is 0.421. The standard InChI is InChI=1S/C19H23FN2O4/c1-25-15-5-6-17(20)14(10-15)12-22-8-3-7-19(24,18(22)23)13-21-11-16-4-2-9-26-16/h2,4-6,9-10,21,24H,3,7-8,11-13H2,1H3. The van der Waals surface area contributed by atoms with Gasteiger partial charge < -0.3 is 24.5 Å². The van der Waals surface area contributed by atoms with Crippen molar-refractivity contribution in [3.63, 3.8) is 0 Å². The molecule has 0 spiro atoms. The van der Waals surface area contributed by atoms with Crippen LogP contribution in [0.2, 0.25) is 0 Å². The Morgan fingerprint density at radius 2 is 2.27 bits per heavy atom. The molecule has 140 valence electrons. The first-order chi connectivity index (χ1) is 12.5. The lowest BCUT2D eigenvalue weighted by Gasteiger charge is -2.38. The van der Waals surface area contributed by atoms with E-state index in [9.17, 15) is 14.3 Å². The Kier molecular flexibility index (Phi) is 5.58. The van der Waals surface area contributed by atoms with Gasteiger partial charge in [-0.05, 0) is 43.2 Å². The predicted molar refractivity (Wildman–Crippen MR) is 93.0 cm³/mol. The molecule has 0 aliphatic carbocycles. The number of amides is 1. The first-order valence-electron chi connectivity index (χ1n) is 8.59. The number of hydrogen-bond acceptors (Lipinski definition) is 5. The zero-order valence-corrected chi connectivity index (χ0v) is 14.7. The van der Waals surface area contributed by atoms with E-state index in [2.05, 4.69) is 5.32 Å². The van der Waals surface area contributed by atoms with Gasteiger partial charge in [-0.2, -0.15) is 0 Å². The molecular formula is C19H23FN2O4. The van der Waals surface area contributed by atoms with E-state index in [0.29, 0.717) is 37.2 Å². The van der Waals surface area contributed by atoms with Crippen molar-refractivity contribution in [2.24, 2.45) is 0 Å². The number of methoxy groups -OCH3 is 1. The second kappa shape index (κ2) is 7.88. The SMILES string of the molecule is COc1ccc(F)c(CN2CCCC(O)(CNCc3ccco3)C2=O)c1. The number of piperidine rings is 1. The Hall–Kier alpha value is -2.38. The van der Waals surface area contributed by atoms with Gasteiger partial charge in [0.2, 0.25) is 0 Å². The summed E-state index contributed by atoms with van der Waals surface area (Å²) >= 11 is 0. The molecule has 7 heteroatoms. The quantitative estimate of drug-likeness (QED) is 0.789. The van der Waals surface area contributed by atoms with Crippen molar-refractivity contribution >= 4 is 5.91 Å². The molecule has 1 saturated heterocycles. The van der Waals surface area contributed by atoms with Gasteiger partial charge in [-0.15, -0.1) is 0 Å². The number of rotatable bonds is 7. The summed E-state index contributed by atoms with van der Waals surface area (Å²) in [7, 11) is 1.51. The first-order valence-corrected chi connectivity index (χ1v) is 8.59. The van der Waals surface area contributed by atoms with Crippen LogP contribution in [0.15, 0.2) is 41.0 Å². The number of hydrogen-bond donors (Lipinski definition) is 2. The molecule has 2 aromatic rings. The summed E-state index contributed by atoms with van der Waals surface area (Å²) in [5.74, 6) is 0.468. The minimum Gasteiger partial charge on any atom is -0.497 e. The van der Waals surface area contributed by atoms with Crippen LogP contribution in [0.5, 0.6) is 5.75 Å². The number of aliphatic hydroxyl groups is 1. The van der Waals surface area contributed by atoms with Crippen LogP contribution < -0.4 is 10.1 Å². The van der Waals surface area contributed by atoms with E-state index < -0.39 is 17.3 Å². The van der Waals surface area contributed by atoms with Crippen LogP contribution in [0.4, 0.5) is 4.39 Å². The lowest BCUT2D eigenvalue weighted by Crippen LogP contribution is -2.57. The highest BCUT2D eigenvalue weighted by atomic mass is 19.1. The van der Waals surface area contributed by atoms with E-state index in [0.717, 1.165) is 5.76 Å². The molecule has 1 amide bonds. The Morgan fingerprint density at radius 3 is 3.00 bits per heavy atom. The molecule has 1 atom stereocenters. The third kappa shape index (κ3) is 4.05. The number of nitrogens with zero attached hydrogens (tertiary/aromatic N) is 1. The average Bonchev–Trinajstić information content (AvgIpc) is 3.14. The van der Waals surface area contributed by atoms with Crippen molar-refractivity contribution < 1.29 is 23.4 Å². The van der Waals surface area contributed by atoms with Gasteiger partial charge in [0.25, 0.3) is 5.91 Å². The van der Waals surface area contributed by atoms with Crippen LogP contribution >= 0.6 is 0 Å². The number of furan rings is 1. The normalized spacial score (nSPS) is 20.4. The number of ether oxygens (including phenoxy) is 1. The van der Waals surface area contributed by atoms with E-state index in [1.807, 2.05) is 6.07 Å². The molecule has 2 heterocycles. The minimum absolute atomic E-state index is 0.0996. The molecule has 1 aliphatic heterocycles. The summed E-state index contributed by atoms with van der Waals surface area (Å²) in [5.41, 5.74) is -1.13. The van der Waals surface area contributed by atoms with Crippen molar-refractivity contribution in [3.8, 4) is 5.75 Å². The molecule has 1 aliphatic rings. The molecular weight excluding hydrogens is 339 g/mol. The van der Waals surface area contributed by atoms with Gasteiger partial charge in [0.1, 0.15) is 17.3 Å². The van der Waals surface area contributed by atoms with E-state index in [1.54, 1.807) is 18.4 Å². The molecule has 1 unspecified atom stereocenters. The van der Waals surface area contributed by atoms with Crippen molar-refractivity contribution in [1.29, 1.82) is 0 Å². The van der Waals surface area contributed by atoms with Gasteiger partial charge in [-0.3, -0.25) is 4.79 Å². The second-order valence-corrected chi connectivity index (χ2v) is 6.50. The lowest BCUT2D eigenvalue weighted by atomic mass is 9.91. The largest absolute Gasteiger partial charge is 0.497 e. The van der Waals surface area contributed by atoms with Gasteiger partial charge in [0.05, 0.1) is 19.9 Å². The average molecular weight is 362 g/mol.